The molecule has 0 saturated heterocycles. The summed E-state index contributed by atoms with van der Waals surface area (Å²) in [7, 11) is -1.58. The molecule has 0 bridgehead atoms. The van der Waals surface area contributed by atoms with Crippen LogP contribution in [-0.4, -0.2) is 58.1 Å². The Hall–Kier alpha value is -3.78. The van der Waals surface area contributed by atoms with Crippen molar-refractivity contribution in [1.82, 2.24) is 5.32 Å². The lowest BCUT2D eigenvalue weighted by Gasteiger charge is -2.23. The molecular weight excluding hydrogens is 486 g/mol. The lowest BCUT2D eigenvalue weighted by Crippen LogP contribution is -2.47. The Morgan fingerprint density at radius 3 is 2.00 bits per heavy atom. The Kier molecular flexibility index (Phi) is 10.7. The molecular formula is C22H27BF3N3O7. The minimum atomic E-state index is -5.08. The number of hydrogen-bond donors (Lipinski definition) is 6. The number of carbonyl (C=O) groups excluding carboxylic acids is 2. The average molecular weight is 513 g/mol. The number of nitrogens with one attached hydrogen (secondary N) is 2. The number of ether oxygens (including phenoxy) is 1. The van der Waals surface area contributed by atoms with Crippen molar-refractivity contribution in [1.29, 1.82) is 0 Å². The van der Waals surface area contributed by atoms with Crippen LogP contribution in [0.25, 0.3) is 0 Å². The van der Waals surface area contributed by atoms with Crippen LogP contribution < -0.4 is 21.8 Å². The molecule has 0 heterocycles. The molecule has 0 spiro atoms. The van der Waals surface area contributed by atoms with Crippen molar-refractivity contribution in [3.05, 3.63) is 54.1 Å². The van der Waals surface area contributed by atoms with Crippen molar-refractivity contribution in [2.45, 2.75) is 45.0 Å². The Morgan fingerprint density at radius 2 is 1.56 bits per heavy atom. The highest BCUT2D eigenvalue weighted by Gasteiger charge is 2.38. The molecule has 2 aromatic carbocycles. The number of alkyl halides is 3. The number of amides is 2. The summed E-state index contributed by atoms with van der Waals surface area (Å²) in [6, 6.07) is 12.3. The molecule has 0 aliphatic rings. The SMILES string of the molecule is CC(C)(C)OC(=O)N[C@@H](Cc1ccc(B(O)O)cc1)C(=O)Nc1ccccc1N.O=C(O)C(F)(F)F. The molecule has 2 rings (SSSR count). The minimum Gasteiger partial charge on any atom is -0.475 e. The molecule has 1 atom stereocenters. The minimum absolute atomic E-state index is 0.166. The molecule has 14 heteroatoms. The van der Waals surface area contributed by atoms with Crippen LogP contribution in [0.4, 0.5) is 29.3 Å². The van der Waals surface area contributed by atoms with Gasteiger partial charge in [0.1, 0.15) is 11.6 Å². The number of benzene rings is 2. The number of nitrogen functional groups attached to an aromatic ring is 1. The van der Waals surface area contributed by atoms with Crippen LogP contribution in [0.5, 0.6) is 0 Å². The number of para-hydroxylation sites is 2. The second-order valence-electron chi connectivity index (χ2n) is 8.40. The van der Waals surface area contributed by atoms with Crippen molar-refractivity contribution in [2.24, 2.45) is 0 Å². The first-order valence-corrected chi connectivity index (χ1v) is 10.4. The number of hydrogen-bond acceptors (Lipinski definition) is 7. The largest absolute Gasteiger partial charge is 0.490 e. The van der Waals surface area contributed by atoms with E-state index >= 15 is 0 Å². The molecule has 0 aliphatic carbocycles. The molecule has 0 saturated carbocycles. The van der Waals surface area contributed by atoms with Crippen LogP contribution in [0.2, 0.25) is 0 Å². The fourth-order valence-electron chi connectivity index (χ4n) is 2.55. The van der Waals surface area contributed by atoms with Gasteiger partial charge in [0.2, 0.25) is 5.91 Å². The first-order chi connectivity index (χ1) is 16.5. The number of alkyl carbamates (subject to hydrolysis) is 1. The highest BCUT2D eigenvalue weighted by atomic mass is 19.4. The molecule has 10 nitrogen and oxygen atoms in total. The van der Waals surface area contributed by atoms with Gasteiger partial charge in [-0.1, -0.05) is 36.4 Å². The van der Waals surface area contributed by atoms with Gasteiger partial charge in [-0.15, -0.1) is 0 Å². The zero-order valence-corrected chi connectivity index (χ0v) is 19.7. The van der Waals surface area contributed by atoms with E-state index in [1.807, 2.05) is 0 Å². The number of carboxylic acid groups (broad SMARTS) is 1. The highest BCUT2D eigenvalue weighted by Crippen LogP contribution is 2.18. The molecule has 0 unspecified atom stereocenters. The van der Waals surface area contributed by atoms with Crippen molar-refractivity contribution < 1.29 is 47.4 Å². The lowest BCUT2D eigenvalue weighted by atomic mass is 9.80. The summed E-state index contributed by atoms with van der Waals surface area (Å²) in [6.07, 6.45) is -5.64. The Balaban J connectivity index is 0.000000809. The van der Waals surface area contributed by atoms with Crippen LogP contribution in [0.1, 0.15) is 26.3 Å². The third-order valence-corrected chi connectivity index (χ3v) is 4.19. The van der Waals surface area contributed by atoms with Gasteiger partial charge >= 0.3 is 25.4 Å². The first kappa shape index (κ1) is 30.3. The second kappa shape index (κ2) is 12.8. The van der Waals surface area contributed by atoms with Crippen molar-refractivity contribution >= 4 is 41.9 Å². The van der Waals surface area contributed by atoms with Gasteiger partial charge in [-0.2, -0.15) is 13.2 Å². The predicted octanol–water partition coefficient (Wildman–Crippen LogP) is 1.66. The van der Waals surface area contributed by atoms with E-state index in [2.05, 4.69) is 10.6 Å². The summed E-state index contributed by atoms with van der Waals surface area (Å²) in [6.45, 7) is 5.18. The standard InChI is InChI=1S/C20H26BN3O5.C2HF3O2/c1-20(2,3)29-19(26)24-17(12-13-8-10-14(11-9-13)21(27)28)18(25)23-16-7-5-4-6-15(16)22;3-2(4,5)1(6)7/h4-11,17,27-28H,12,22H2,1-3H3,(H,23,25)(H,24,26);(H,6,7)/t17-;/m0./s1. The molecule has 0 radical (unpaired) electrons. The zero-order valence-electron chi connectivity index (χ0n) is 19.7. The predicted molar refractivity (Wildman–Crippen MR) is 126 cm³/mol. The quantitative estimate of drug-likeness (QED) is 0.250. The molecule has 0 aromatic heterocycles. The molecule has 196 valence electrons. The van der Waals surface area contributed by atoms with Crippen LogP contribution >= 0.6 is 0 Å². The molecule has 7 N–H and O–H groups in total. The number of rotatable bonds is 6. The van der Waals surface area contributed by atoms with Crippen LogP contribution in [-0.2, 0) is 20.7 Å². The second-order valence-corrected chi connectivity index (χ2v) is 8.40. The molecule has 2 amide bonds. The van der Waals surface area contributed by atoms with Crippen molar-refractivity contribution in [3.63, 3.8) is 0 Å². The van der Waals surface area contributed by atoms with E-state index in [-0.39, 0.29) is 6.42 Å². The summed E-state index contributed by atoms with van der Waals surface area (Å²) >= 11 is 0. The van der Waals surface area contributed by atoms with E-state index in [1.165, 1.54) is 12.1 Å². The summed E-state index contributed by atoms with van der Waals surface area (Å²) in [5.41, 5.74) is 7.04. The zero-order chi connectivity index (χ0) is 27.7. The van der Waals surface area contributed by atoms with E-state index in [1.54, 1.807) is 57.2 Å². The first-order valence-electron chi connectivity index (χ1n) is 10.4. The third-order valence-electron chi connectivity index (χ3n) is 4.19. The van der Waals surface area contributed by atoms with E-state index in [4.69, 9.17) is 20.4 Å². The number of carbonyl (C=O) groups is 3. The fraction of sp³-hybridized carbons (Fsp3) is 0.318. The number of aliphatic carboxylic acids is 1. The van der Waals surface area contributed by atoms with Crippen molar-refractivity contribution in [2.75, 3.05) is 11.1 Å². The van der Waals surface area contributed by atoms with Crippen molar-refractivity contribution in [3.8, 4) is 0 Å². The molecule has 0 aliphatic heterocycles. The fourth-order valence-corrected chi connectivity index (χ4v) is 2.55. The van der Waals surface area contributed by atoms with E-state index in [9.17, 15) is 32.8 Å². The number of carboxylic acids is 1. The van der Waals surface area contributed by atoms with Gasteiger partial charge in [-0.3, -0.25) is 4.79 Å². The third kappa shape index (κ3) is 11.1. The number of nitrogens with two attached hydrogens (primary N) is 1. The smallest absolute Gasteiger partial charge is 0.475 e. The van der Waals surface area contributed by atoms with Gasteiger partial charge in [-0.05, 0) is 43.9 Å². The van der Waals surface area contributed by atoms with E-state index in [0.717, 1.165) is 0 Å². The average Bonchev–Trinajstić information content (AvgIpc) is 2.73. The summed E-state index contributed by atoms with van der Waals surface area (Å²) < 4.78 is 37.0. The topological polar surface area (TPSA) is 171 Å². The Bertz CT molecular complexity index is 1040. The van der Waals surface area contributed by atoms with Gasteiger partial charge < -0.3 is 36.3 Å². The maximum Gasteiger partial charge on any atom is 0.490 e. The molecule has 0 fully saturated rings. The number of halogens is 3. The van der Waals surface area contributed by atoms with Gasteiger partial charge in [0.05, 0.1) is 11.4 Å². The maximum atomic E-state index is 12.8. The maximum absolute atomic E-state index is 12.8. The summed E-state index contributed by atoms with van der Waals surface area (Å²) in [5, 5.41) is 30.8. The van der Waals surface area contributed by atoms with Crippen LogP contribution in [0, 0.1) is 0 Å². The van der Waals surface area contributed by atoms with Gasteiger partial charge in [-0.25, -0.2) is 9.59 Å². The van der Waals surface area contributed by atoms with Gasteiger partial charge in [0, 0.05) is 6.42 Å². The van der Waals surface area contributed by atoms with E-state index < -0.39 is 42.9 Å². The molecule has 2 aromatic rings. The molecule has 36 heavy (non-hydrogen) atoms. The Morgan fingerprint density at radius 1 is 1.03 bits per heavy atom. The highest BCUT2D eigenvalue weighted by molar-refractivity contribution is 6.58. The lowest BCUT2D eigenvalue weighted by molar-refractivity contribution is -0.192. The number of anilines is 2. The van der Waals surface area contributed by atoms with Gasteiger partial charge in [0.25, 0.3) is 0 Å². The normalized spacial score (nSPS) is 11.9. The summed E-state index contributed by atoms with van der Waals surface area (Å²) in [5.74, 6) is -3.22. The van der Waals surface area contributed by atoms with Crippen LogP contribution in [0.3, 0.4) is 0 Å². The summed E-state index contributed by atoms with van der Waals surface area (Å²) in [4.78, 5) is 33.9. The van der Waals surface area contributed by atoms with Gasteiger partial charge in [0.15, 0.2) is 0 Å². The Labute approximate surface area is 205 Å². The van der Waals surface area contributed by atoms with Crippen LogP contribution in [0.15, 0.2) is 48.5 Å². The van der Waals surface area contributed by atoms with E-state index in [0.29, 0.717) is 22.4 Å². The monoisotopic (exact) mass is 513 g/mol.